The Balaban J connectivity index is 1.57. The third-order valence-electron chi connectivity index (χ3n) is 5.14. The maximum Gasteiger partial charge on any atom is 0.291 e. The van der Waals surface area contributed by atoms with Gasteiger partial charge in [-0.2, -0.15) is 5.10 Å². The number of hydrogen-bond acceptors (Lipinski definition) is 4. The third kappa shape index (κ3) is 4.03. The molecule has 0 unspecified atom stereocenters. The number of nitrogens with zero attached hydrogens (tertiary/aromatic N) is 1. The van der Waals surface area contributed by atoms with Crippen molar-refractivity contribution in [2.24, 2.45) is 5.10 Å². The van der Waals surface area contributed by atoms with Crippen molar-refractivity contribution in [2.75, 3.05) is 5.32 Å². The monoisotopic (exact) mass is 401 g/mol. The molecule has 0 spiro atoms. The summed E-state index contributed by atoms with van der Waals surface area (Å²) in [6.07, 6.45) is 2.29. The largest absolute Gasteiger partial charge is 0.455 e. The minimum absolute atomic E-state index is 0.270. The van der Waals surface area contributed by atoms with E-state index in [0.29, 0.717) is 12.0 Å². The van der Waals surface area contributed by atoms with E-state index in [1.165, 1.54) is 0 Å². The van der Waals surface area contributed by atoms with E-state index in [-0.39, 0.29) is 17.6 Å². The van der Waals surface area contributed by atoms with E-state index in [1.807, 2.05) is 44.2 Å². The standard InChI is InChI=1S/C24H23N3O3/c1-15-8-6-11-18(14-15)25-24(29)22-16(2)21-19(12-7-13-20(21)30-22)26-27-23(28)17-9-4-3-5-10-17/h3-6,8-11,14H,7,12-13H2,1-2H3,(H,25,29)(H,27,28)/b26-19+. The molecule has 2 N–H and O–H groups in total. The lowest BCUT2D eigenvalue weighted by Gasteiger charge is -2.13. The van der Waals surface area contributed by atoms with Crippen LogP contribution in [0.15, 0.2) is 64.1 Å². The van der Waals surface area contributed by atoms with Crippen molar-refractivity contribution in [3.8, 4) is 0 Å². The first kappa shape index (κ1) is 19.6. The van der Waals surface area contributed by atoms with Crippen LogP contribution >= 0.6 is 0 Å². The zero-order chi connectivity index (χ0) is 21.1. The van der Waals surface area contributed by atoms with Gasteiger partial charge in [0.2, 0.25) is 0 Å². The molecule has 3 aromatic rings. The van der Waals surface area contributed by atoms with Gasteiger partial charge in [-0.1, -0.05) is 30.3 Å². The van der Waals surface area contributed by atoms with Crippen molar-refractivity contribution in [2.45, 2.75) is 33.1 Å². The zero-order valence-corrected chi connectivity index (χ0v) is 17.0. The number of hydrazone groups is 1. The molecule has 6 nitrogen and oxygen atoms in total. The fourth-order valence-corrected chi connectivity index (χ4v) is 3.68. The minimum Gasteiger partial charge on any atom is -0.455 e. The molecule has 0 aliphatic heterocycles. The summed E-state index contributed by atoms with van der Waals surface area (Å²) in [5.41, 5.74) is 7.25. The van der Waals surface area contributed by atoms with Crippen LogP contribution in [0.2, 0.25) is 0 Å². The van der Waals surface area contributed by atoms with Gasteiger partial charge in [0, 0.05) is 28.8 Å². The van der Waals surface area contributed by atoms with Crippen molar-refractivity contribution in [1.82, 2.24) is 5.43 Å². The molecule has 0 saturated carbocycles. The summed E-state index contributed by atoms with van der Waals surface area (Å²) in [6, 6.07) is 16.5. The molecule has 152 valence electrons. The topological polar surface area (TPSA) is 83.7 Å². The Bertz CT molecular complexity index is 1130. The normalized spacial score (nSPS) is 14.3. The molecule has 4 rings (SSSR count). The Morgan fingerprint density at radius 2 is 1.77 bits per heavy atom. The molecule has 0 saturated heterocycles. The Morgan fingerprint density at radius 1 is 0.967 bits per heavy atom. The molecule has 6 heteroatoms. The highest BCUT2D eigenvalue weighted by Gasteiger charge is 2.28. The number of hydrogen-bond donors (Lipinski definition) is 2. The maximum atomic E-state index is 12.8. The Hall–Kier alpha value is -3.67. The Labute approximate surface area is 175 Å². The number of fused-ring (bicyclic) bond motifs is 1. The Kier molecular flexibility index (Phi) is 5.48. The predicted molar refractivity (Wildman–Crippen MR) is 116 cm³/mol. The van der Waals surface area contributed by atoms with E-state index in [1.54, 1.807) is 24.3 Å². The van der Waals surface area contributed by atoms with Crippen molar-refractivity contribution in [3.63, 3.8) is 0 Å². The van der Waals surface area contributed by atoms with E-state index >= 15 is 0 Å². The molecule has 0 radical (unpaired) electrons. The summed E-state index contributed by atoms with van der Waals surface area (Å²) < 4.78 is 5.92. The number of carbonyl (C=O) groups excluding carboxylic acids is 2. The van der Waals surface area contributed by atoms with Crippen molar-refractivity contribution in [3.05, 3.63) is 88.4 Å². The summed E-state index contributed by atoms with van der Waals surface area (Å²) in [7, 11) is 0. The molecule has 1 aliphatic rings. The molecular weight excluding hydrogens is 378 g/mol. The summed E-state index contributed by atoms with van der Waals surface area (Å²) in [5.74, 6) is 0.459. The zero-order valence-electron chi connectivity index (χ0n) is 17.0. The maximum absolute atomic E-state index is 12.8. The summed E-state index contributed by atoms with van der Waals surface area (Å²) >= 11 is 0. The van der Waals surface area contributed by atoms with Crippen LogP contribution in [0, 0.1) is 13.8 Å². The lowest BCUT2D eigenvalue weighted by atomic mass is 9.93. The number of carbonyl (C=O) groups is 2. The molecule has 2 aromatic carbocycles. The van der Waals surface area contributed by atoms with Gasteiger partial charge < -0.3 is 9.73 Å². The highest BCUT2D eigenvalue weighted by Crippen LogP contribution is 2.30. The second kappa shape index (κ2) is 8.37. The average molecular weight is 401 g/mol. The van der Waals surface area contributed by atoms with Crippen LogP contribution in [0.1, 0.15) is 56.2 Å². The molecule has 0 bridgehead atoms. The van der Waals surface area contributed by atoms with Crippen LogP contribution in [0.5, 0.6) is 0 Å². The van der Waals surface area contributed by atoms with Crippen LogP contribution in [0.3, 0.4) is 0 Å². The fourth-order valence-electron chi connectivity index (χ4n) is 3.68. The van der Waals surface area contributed by atoms with E-state index < -0.39 is 0 Å². The lowest BCUT2D eigenvalue weighted by molar-refractivity contribution is 0.0953. The predicted octanol–water partition coefficient (Wildman–Crippen LogP) is 4.62. The molecule has 0 atom stereocenters. The average Bonchev–Trinajstić information content (AvgIpc) is 3.10. The molecule has 1 aliphatic carbocycles. The minimum atomic E-state index is -0.292. The van der Waals surface area contributed by atoms with Gasteiger partial charge in [-0.05, 0) is 56.5 Å². The lowest BCUT2D eigenvalue weighted by Crippen LogP contribution is -2.22. The molecular formula is C24H23N3O3. The molecule has 1 aromatic heterocycles. The van der Waals surface area contributed by atoms with Gasteiger partial charge in [0.15, 0.2) is 5.76 Å². The first-order valence-electron chi connectivity index (χ1n) is 9.95. The molecule has 30 heavy (non-hydrogen) atoms. The summed E-state index contributed by atoms with van der Waals surface area (Å²) in [6.45, 7) is 3.83. The van der Waals surface area contributed by atoms with Gasteiger partial charge in [0.25, 0.3) is 11.8 Å². The smallest absolute Gasteiger partial charge is 0.291 e. The van der Waals surface area contributed by atoms with Gasteiger partial charge in [0.05, 0.1) is 5.71 Å². The van der Waals surface area contributed by atoms with E-state index in [9.17, 15) is 9.59 Å². The van der Waals surface area contributed by atoms with E-state index in [4.69, 9.17) is 4.42 Å². The van der Waals surface area contributed by atoms with Crippen LogP contribution in [0.4, 0.5) is 5.69 Å². The van der Waals surface area contributed by atoms with Crippen molar-refractivity contribution in [1.29, 1.82) is 0 Å². The van der Waals surface area contributed by atoms with Gasteiger partial charge in [0.1, 0.15) is 5.76 Å². The van der Waals surface area contributed by atoms with E-state index in [2.05, 4.69) is 15.8 Å². The van der Waals surface area contributed by atoms with E-state index in [0.717, 1.165) is 46.7 Å². The first-order chi connectivity index (χ1) is 14.5. The second-order valence-electron chi connectivity index (χ2n) is 7.40. The van der Waals surface area contributed by atoms with Crippen LogP contribution in [0.25, 0.3) is 0 Å². The number of benzene rings is 2. The third-order valence-corrected chi connectivity index (χ3v) is 5.14. The van der Waals surface area contributed by atoms with Crippen LogP contribution in [-0.2, 0) is 6.42 Å². The number of amides is 2. The van der Waals surface area contributed by atoms with Gasteiger partial charge in [-0.3, -0.25) is 9.59 Å². The molecule has 2 amide bonds. The molecule has 1 heterocycles. The van der Waals surface area contributed by atoms with Gasteiger partial charge >= 0.3 is 0 Å². The quantitative estimate of drug-likeness (QED) is 0.626. The number of furan rings is 1. The van der Waals surface area contributed by atoms with Crippen LogP contribution in [-0.4, -0.2) is 17.5 Å². The number of rotatable bonds is 4. The summed E-state index contributed by atoms with van der Waals surface area (Å²) in [5, 5.41) is 7.25. The number of nitrogens with one attached hydrogen (secondary N) is 2. The SMILES string of the molecule is Cc1cccc(NC(=O)c2oc3c(c2C)/C(=N/NC(=O)c2ccccc2)CCC3)c1. The van der Waals surface area contributed by atoms with Gasteiger partial charge in [-0.25, -0.2) is 5.43 Å². The summed E-state index contributed by atoms with van der Waals surface area (Å²) in [4.78, 5) is 25.1. The number of anilines is 1. The molecule has 0 fully saturated rings. The first-order valence-corrected chi connectivity index (χ1v) is 9.95. The number of aryl methyl sites for hydroxylation is 2. The van der Waals surface area contributed by atoms with Crippen molar-refractivity contribution >= 4 is 23.2 Å². The van der Waals surface area contributed by atoms with Crippen LogP contribution < -0.4 is 10.7 Å². The highest BCUT2D eigenvalue weighted by molar-refractivity contribution is 6.09. The highest BCUT2D eigenvalue weighted by atomic mass is 16.4. The fraction of sp³-hybridized carbons (Fsp3) is 0.208. The Morgan fingerprint density at radius 3 is 2.53 bits per heavy atom. The second-order valence-corrected chi connectivity index (χ2v) is 7.40. The van der Waals surface area contributed by atoms with Gasteiger partial charge in [-0.15, -0.1) is 0 Å². The van der Waals surface area contributed by atoms with Crippen molar-refractivity contribution < 1.29 is 14.0 Å².